The lowest BCUT2D eigenvalue weighted by Gasteiger charge is -2.25. The lowest BCUT2D eigenvalue weighted by atomic mass is 9.87. The third kappa shape index (κ3) is 3.36. The molecule has 6 nitrogen and oxygen atoms in total. The molecule has 0 aliphatic heterocycles. The number of nitrogen functional groups attached to an aromatic ring is 1. The highest BCUT2D eigenvalue weighted by molar-refractivity contribution is 7.11. The van der Waals surface area contributed by atoms with Crippen molar-refractivity contribution >= 4 is 28.3 Å². The fourth-order valence-corrected chi connectivity index (χ4v) is 3.02. The molecule has 1 saturated carbocycles. The van der Waals surface area contributed by atoms with Crippen LogP contribution in [0, 0.1) is 5.92 Å². The molecule has 1 aromatic heterocycles. The van der Waals surface area contributed by atoms with Crippen LogP contribution in [0.25, 0.3) is 0 Å². The fourth-order valence-electron chi connectivity index (χ4n) is 2.31. The minimum Gasteiger partial charge on any atom is -0.465 e. The van der Waals surface area contributed by atoms with Gasteiger partial charge in [0.05, 0.1) is 13.2 Å². The van der Waals surface area contributed by atoms with E-state index in [4.69, 9.17) is 10.5 Å². The number of nitrogens with two attached hydrogens (primary N) is 1. The minimum absolute atomic E-state index is 0.152. The van der Waals surface area contributed by atoms with E-state index in [0.29, 0.717) is 16.5 Å². The Labute approximate surface area is 116 Å². The molecule has 0 aromatic carbocycles. The van der Waals surface area contributed by atoms with Crippen LogP contribution in [0.4, 0.5) is 10.8 Å². The molecule has 1 fully saturated rings. The molecule has 1 heterocycles. The van der Waals surface area contributed by atoms with Crippen molar-refractivity contribution in [1.82, 2.24) is 4.37 Å². The summed E-state index contributed by atoms with van der Waals surface area (Å²) < 4.78 is 8.67. The molecule has 0 saturated heterocycles. The zero-order chi connectivity index (χ0) is 13.8. The highest BCUT2D eigenvalue weighted by atomic mass is 32.1. The molecule has 7 heteroatoms. The van der Waals surface area contributed by atoms with Gasteiger partial charge in [-0.25, -0.2) is 4.79 Å². The number of carbonyl (C=O) groups excluding carboxylic acids is 1. The molecule has 0 amide bonds. The molecule has 1 aliphatic carbocycles. The molecule has 106 valence electrons. The normalized spacial score (nSPS) is 23.1. The molecule has 19 heavy (non-hydrogen) atoms. The zero-order valence-corrected chi connectivity index (χ0v) is 11.7. The van der Waals surface area contributed by atoms with E-state index in [2.05, 4.69) is 9.69 Å². The number of aliphatic hydroxyl groups is 1. The van der Waals surface area contributed by atoms with Gasteiger partial charge in [0.25, 0.3) is 0 Å². The molecule has 2 rings (SSSR count). The Morgan fingerprint density at radius 3 is 2.84 bits per heavy atom. The van der Waals surface area contributed by atoms with Gasteiger partial charge >= 0.3 is 5.97 Å². The van der Waals surface area contributed by atoms with Gasteiger partial charge in [-0.2, -0.15) is 4.37 Å². The first-order chi connectivity index (χ1) is 9.11. The van der Waals surface area contributed by atoms with Crippen molar-refractivity contribution in [2.45, 2.75) is 31.8 Å². The Kier molecular flexibility index (Phi) is 4.60. The van der Waals surface area contributed by atoms with E-state index in [0.717, 1.165) is 32.2 Å². The third-order valence-electron chi connectivity index (χ3n) is 3.48. The number of nitrogens with zero attached hydrogens (tertiary/aromatic N) is 1. The van der Waals surface area contributed by atoms with Gasteiger partial charge < -0.3 is 20.9 Å². The molecule has 0 radical (unpaired) electrons. The van der Waals surface area contributed by atoms with Crippen molar-refractivity contribution in [3.8, 4) is 0 Å². The predicted molar refractivity (Wildman–Crippen MR) is 74.3 cm³/mol. The molecular weight excluding hydrogens is 266 g/mol. The molecule has 0 atom stereocenters. The van der Waals surface area contributed by atoms with Crippen LogP contribution in [0.3, 0.4) is 0 Å². The average molecular weight is 285 g/mol. The maximum absolute atomic E-state index is 11.6. The van der Waals surface area contributed by atoms with Crippen LogP contribution in [-0.4, -0.2) is 35.2 Å². The lowest BCUT2D eigenvalue weighted by molar-refractivity contribution is 0.0603. The van der Waals surface area contributed by atoms with E-state index in [9.17, 15) is 9.90 Å². The first kappa shape index (κ1) is 14.1. The van der Waals surface area contributed by atoms with Gasteiger partial charge in [-0.15, -0.1) is 0 Å². The molecular formula is C12H19N3O3S. The van der Waals surface area contributed by atoms with Crippen LogP contribution in [0.1, 0.15) is 36.0 Å². The largest absolute Gasteiger partial charge is 0.465 e. The number of ether oxygens (including phenoxy) is 1. The average Bonchev–Trinajstić information content (AvgIpc) is 2.78. The van der Waals surface area contributed by atoms with Gasteiger partial charge in [0.15, 0.2) is 5.82 Å². The number of nitrogens with one attached hydrogen (secondary N) is 1. The SMILES string of the molecule is COC(=O)c1c(N)nsc1NCC1CCC(O)CC1. The molecule has 1 aromatic rings. The number of hydrogen-bond acceptors (Lipinski definition) is 7. The van der Waals surface area contributed by atoms with E-state index in [1.54, 1.807) is 0 Å². The lowest BCUT2D eigenvalue weighted by Crippen LogP contribution is -2.23. The molecule has 4 N–H and O–H groups in total. The standard InChI is InChI=1S/C12H19N3O3S/c1-18-12(17)9-10(13)15-19-11(9)14-6-7-2-4-8(16)5-3-7/h7-8,14,16H,2-6H2,1H3,(H2,13,15). The number of carbonyl (C=O) groups is 1. The van der Waals surface area contributed by atoms with Crippen molar-refractivity contribution in [1.29, 1.82) is 0 Å². The highest BCUT2D eigenvalue weighted by Crippen LogP contribution is 2.29. The monoisotopic (exact) mass is 285 g/mol. The second-order valence-corrected chi connectivity index (χ2v) is 5.59. The summed E-state index contributed by atoms with van der Waals surface area (Å²) in [5, 5.41) is 13.3. The summed E-state index contributed by atoms with van der Waals surface area (Å²) in [4.78, 5) is 11.6. The first-order valence-electron chi connectivity index (χ1n) is 6.37. The molecule has 0 unspecified atom stereocenters. The fraction of sp³-hybridized carbons (Fsp3) is 0.667. The second-order valence-electron chi connectivity index (χ2n) is 4.82. The summed E-state index contributed by atoms with van der Waals surface area (Å²) >= 11 is 1.17. The number of methoxy groups -OCH3 is 1. The zero-order valence-electron chi connectivity index (χ0n) is 10.9. The Balaban J connectivity index is 1.94. The van der Waals surface area contributed by atoms with E-state index >= 15 is 0 Å². The van der Waals surface area contributed by atoms with Crippen LogP contribution in [-0.2, 0) is 4.74 Å². The van der Waals surface area contributed by atoms with Crippen LogP contribution in [0.15, 0.2) is 0 Å². The Bertz CT molecular complexity index is 441. The summed E-state index contributed by atoms with van der Waals surface area (Å²) in [6, 6.07) is 0. The van der Waals surface area contributed by atoms with Crippen LogP contribution in [0.5, 0.6) is 0 Å². The van der Waals surface area contributed by atoms with Crippen LogP contribution in [0.2, 0.25) is 0 Å². The highest BCUT2D eigenvalue weighted by Gasteiger charge is 2.22. The Hall–Kier alpha value is -1.34. The van der Waals surface area contributed by atoms with E-state index in [-0.39, 0.29) is 11.9 Å². The van der Waals surface area contributed by atoms with E-state index in [1.165, 1.54) is 18.6 Å². The molecule has 1 aliphatic rings. The van der Waals surface area contributed by atoms with Gasteiger partial charge in [0.1, 0.15) is 10.6 Å². The van der Waals surface area contributed by atoms with Gasteiger partial charge in [-0.05, 0) is 43.1 Å². The second kappa shape index (κ2) is 6.21. The van der Waals surface area contributed by atoms with Crippen LogP contribution >= 0.6 is 11.5 Å². The maximum atomic E-state index is 11.6. The molecule has 0 bridgehead atoms. The summed E-state index contributed by atoms with van der Waals surface area (Å²) in [7, 11) is 1.33. The van der Waals surface area contributed by atoms with Crippen molar-refractivity contribution in [3.05, 3.63) is 5.56 Å². The van der Waals surface area contributed by atoms with Crippen molar-refractivity contribution < 1.29 is 14.6 Å². The number of aliphatic hydroxyl groups excluding tert-OH is 1. The number of aromatic nitrogens is 1. The Morgan fingerprint density at radius 2 is 2.21 bits per heavy atom. The predicted octanol–water partition coefficient (Wildman–Crippen LogP) is 1.47. The summed E-state index contributed by atoms with van der Waals surface area (Å²) in [6.07, 6.45) is 3.54. The van der Waals surface area contributed by atoms with Gasteiger partial charge in [-0.1, -0.05) is 0 Å². The van der Waals surface area contributed by atoms with E-state index < -0.39 is 5.97 Å². The summed E-state index contributed by atoms with van der Waals surface area (Å²) in [5.74, 6) is 0.253. The number of esters is 1. The summed E-state index contributed by atoms with van der Waals surface area (Å²) in [6.45, 7) is 0.762. The minimum atomic E-state index is -0.465. The topological polar surface area (TPSA) is 97.5 Å². The van der Waals surface area contributed by atoms with E-state index in [1.807, 2.05) is 0 Å². The molecule has 0 spiro atoms. The maximum Gasteiger partial charge on any atom is 0.344 e. The summed E-state index contributed by atoms with van der Waals surface area (Å²) in [5.41, 5.74) is 5.99. The third-order valence-corrected chi connectivity index (χ3v) is 4.29. The quantitative estimate of drug-likeness (QED) is 0.725. The Morgan fingerprint density at radius 1 is 1.53 bits per heavy atom. The number of anilines is 2. The first-order valence-corrected chi connectivity index (χ1v) is 7.14. The number of hydrogen-bond donors (Lipinski definition) is 3. The smallest absolute Gasteiger partial charge is 0.344 e. The van der Waals surface area contributed by atoms with Crippen LogP contribution < -0.4 is 11.1 Å². The van der Waals surface area contributed by atoms with Crippen molar-refractivity contribution in [2.75, 3.05) is 24.7 Å². The van der Waals surface area contributed by atoms with Crippen molar-refractivity contribution in [2.24, 2.45) is 5.92 Å². The van der Waals surface area contributed by atoms with Crippen molar-refractivity contribution in [3.63, 3.8) is 0 Å². The van der Waals surface area contributed by atoms with Gasteiger partial charge in [-0.3, -0.25) is 0 Å². The number of rotatable bonds is 4. The van der Waals surface area contributed by atoms with Gasteiger partial charge in [0.2, 0.25) is 0 Å². The van der Waals surface area contributed by atoms with Gasteiger partial charge in [0, 0.05) is 6.54 Å².